The molecule has 0 unspecified atom stereocenters. The number of hydrogen-bond donors (Lipinski definition) is 0. The minimum atomic E-state index is -0.406. The largest absolute Gasteiger partial charge is 0.423 e. The highest BCUT2D eigenvalue weighted by molar-refractivity contribution is 5.91. The fourth-order valence-corrected chi connectivity index (χ4v) is 4.98. The van der Waals surface area contributed by atoms with Crippen molar-refractivity contribution in [1.82, 2.24) is 0 Å². The van der Waals surface area contributed by atoms with Crippen molar-refractivity contribution in [3.05, 3.63) is 89.5 Å². The third kappa shape index (κ3) is 6.14. The van der Waals surface area contributed by atoms with Crippen LogP contribution in [-0.2, 0) is 0 Å². The number of hydrogen-bond acceptors (Lipinski definition) is 3. The lowest BCUT2D eigenvalue weighted by atomic mass is 9.77. The molecule has 3 heteroatoms. The van der Waals surface area contributed by atoms with Gasteiger partial charge in [-0.15, -0.1) is 0 Å². The molecule has 1 fully saturated rings. The molecule has 0 N–H and O–H groups in total. The molecule has 0 spiro atoms. The van der Waals surface area contributed by atoms with Crippen LogP contribution in [0.2, 0.25) is 0 Å². The summed E-state index contributed by atoms with van der Waals surface area (Å²) in [7, 11) is 0. The predicted molar refractivity (Wildman–Crippen MR) is 137 cm³/mol. The van der Waals surface area contributed by atoms with Crippen molar-refractivity contribution >= 4 is 5.97 Å². The van der Waals surface area contributed by atoms with Crippen molar-refractivity contribution in [2.75, 3.05) is 0 Å². The molecule has 34 heavy (non-hydrogen) atoms. The van der Waals surface area contributed by atoms with Crippen LogP contribution in [0.4, 0.5) is 0 Å². The number of benzene rings is 3. The molecular formula is C31H33NO2. The van der Waals surface area contributed by atoms with E-state index in [1.54, 1.807) is 36.4 Å². The smallest absolute Gasteiger partial charge is 0.343 e. The Morgan fingerprint density at radius 2 is 1.47 bits per heavy atom. The first-order chi connectivity index (χ1) is 16.7. The van der Waals surface area contributed by atoms with Gasteiger partial charge in [0.05, 0.1) is 17.2 Å². The van der Waals surface area contributed by atoms with Crippen LogP contribution >= 0.6 is 0 Å². The maximum Gasteiger partial charge on any atom is 0.343 e. The van der Waals surface area contributed by atoms with E-state index >= 15 is 0 Å². The SMILES string of the molecule is CCCCC[C@H]1CC[C@H](c2ccc(-c3ccc(C(=O)Oc4ccc(C#N)cc4)cc3)cc2)CC1. The van der Waals surface area contributed by atoms with Gasteiger partial charge in [0.1, 0.15) is 5.75 Å². The molecule has 3 aromatic carbocycles. The number of rotatable bonds is 8. The molecule has 4 rings (SSSR count). The lowest BCUT2D eigenvalue weighted by molar-refractivity contribution is 0.0735. The van der Waals surface area contributed by atoms with E-state index in [9.17, 15) is 4.79 Å². The Morgan fingerprint density at radius 1 is 0.853 bits per heavy atom. The molecule has 3 nitrogen and oxygen atoms in total. The van der Waals surface area contributed by atoms with Crippen LogP contribution in [0.5, 0.6) is 5.75 Å². The second-order valence-electron chi connectivity index (χ2n) is 9.44. The Balaban J connectivity index is 1.32. The summed E-state index contributed by atoms with van der Waals surface area (Å²) in [5.74, 6) is 1.65. The summed E-state index contributed by atoms with van der Waals surface area (Å²) >= 11 is 0. The Kier molecular flexibility index (Phi) is 8.15. The van der Waals surface area contributed by atoms with E-state index in [0.717, 1.165) is 17.0 Å². The van der Waals surface area contributed by atoms with E-state index in [4.69, 9.17) is 10.00 Å². The van der Waals surface area contributed by atoms with E-state index < -0.39 is 5.97 Å². The van der Waals surface area contributed by atoms with Gasteiger partial charge in [0.15, 0.2) is 0 Å². The Bertz CT molecular complexity index is 1100. The number of carbonyl (C=O) groups excluding carboxylic acids is 1. The van der Waals surface area contributed by atoms with Gasteiger partial charge in [-0.1, -0.05) is 69.0 Å². The van der Waals surface area contributed by atoms with Gasteiger partial charge in [-0.3, -0.25) is 0 Å². The Labute approximate surface area is 203 Å². The molecule has 1 aliphatic rings. The zero-order valence-corrected chi connectivity index (χ0v) is 20.0. The summed E-state index contributed by atoms with van der Waals surface area (Å²) in [5, 5.41) is 8.87. The zero-order chi connectivity index (χ0) is 23.8. The molecule has 1 saturated carbocycles. The summed E-state index contributed by atoms with van der Waals surface area (Å²) in [5.41, 5.74) is 4.73. The Morgan fingerprint density at radius 3 is 2.06 bits per heavy atom. The first-order valence-corrected chi connectivity index (χ1v) is 12.6. The third-order valence-electron chi connectivity index (χ3n) is 7.09. The number of ether oxygens (including phenoxy) is 1. The number of nitriles is 1. The molecule has 0 radical (unpaired) electrons. The number of esters is 1. The fourth-order valence-electron chi connectivity index (χ4n) is 4.98. The van der Waals surface area contributed by atoms with Crippen LogP contribution in [-0.4, -0.2) is 5.97 Å². The molecule has 1 aliphatic carbocycles. The molecule has 0 saturated heterocycles. The Hall–Kier alpha value is -3.38. The van der Waals surface area contributed by atoms with Gasteiger partial charge in [0.25, 0.3) is 0 Å². The molecule has 0 bridgehead atoms. The summed E-state index contributed by atoms with van der Waals surface area (Å²) in [6, 6.07) is 25.1. The van der Waals surface area contributed by atoms with Crippen LogP contribution in [0.25, 0.3) is 11.1 Å². The highest BCUT2D eigenvalue weighted by Crippen LogP contribution is 2.38. The van der Waals surface area contributed by atoms with Gasteiger partial charge in [0, 0.05) is 0 Å². The molecular weight excluding hydrogens is 418 g/mol. The van der Waals surface area contributed by atoms with Crippen molar-refractivity contribution < 1.29 is 9.53 Å². The van der Waals surface area contributed by atoms with Crippen molar-refractivity contribution in [1.29, 1.82) is 5.26 Å². The molecule has 174 valence electrons. The summed E-state index contributed by atoms with van der Waals surface area (Å²) in [6.07, 6.45) is 10.9. The maximum absolute atomic E-state index is 12.4. The van der Waals surface area contributed by atoms with Gasteiger partial charge in [-0.25, -0.2) is 4.79 Å². The zero-order valence-electron chi connectivity index (χ0n) is 20.0. The van der Waals surface area contributed by atoms with Crippen molar-refractivity contribution in [2.24, 2.45) is 5.92 Å². The predicted octanol–water partition coefficient (Wildman–Crippen LogP) is 8.30. The average molecular weight is 452 g/mol. The number of carbonyl (C=O) groups is 1. The van der Waals surface area contributed by atoms with Gasteiger partial charge < -0.3 is 4.74 Å². The molecule has 0 aliphatic heterocycles. The minimum absolute atomic E-state index is 0.406. The van der Waals surface area contributed by atoms with Crippen LogP contribution < -0.4 is 4.74 Å². The van der Waals surface area contributed by atoms with Crippen LogP contribution in [0.3, 0.4) is 0 Å². The fraction of sp³-hybridized carbons (Fsp3) is 0.355. The molecule has 0 atom stereocenters. The van der Waals surface area contributed by atoms with Crippen molar-refractivity contribution in [2.45, 2.75) is 64.2 Å². The molecule has 0 aromatic heterocycles. The van der Waals surface area contributed by atoms with E-state index in [2.05, 4.69) is 37.3 Å². The first-order valence-electron chi connectivity index (χ1n) is 12.6. The minimum Gasteiger partial charge on any atom is -0.423 e. The van der Waals surface area contributed by atoms with Crippen LogP contribution in [0.1, 0.15) is 85.7 Å². The quantitative estimate of drug-likeness (QED) is 0.197. The first kappa shape index (κ1) is 23.8. The number of unbranched alkanes of at least 4 members (excludes halogenated alkanes) is 2. The van der Waals surface area contributed by atoms with Gasteiger partial charge >= 0.3 is 5.97 Å². The van der Waals surface area contributed by atoms with Gasteiger partial charge in [0.2, 0.25) is 0 Å². The third-order valence-corrected chi connectivity index (χ3v) is 7.09. The van der Waals surface area contributed by atoms with E-state index in [0.29, 0.717) is 22.8 Å². The van der Waals surface area contributed by atoms with Gasteiger partial charge in [-0.2, -0.15) is 5.26 Å². The normalized spacial score (nSPS) is 17.6. The highest BCUT2D eigenvalue weighted by Gasteiger charge is 2.22. The van der Waals surface area contributed by atoms with Crippen molar-refractivity contribution in [3.63, 3.8) is 0 Å². The summed E-state index contributed by atoms with van der Waals surface area (Å²) < 4.78 is 5.41. The van der Waals surface area contributed by atoms with Crippen LogP contribution in [0, 0.1) is 17.2 Å². The maximum atomic E-state index is 12.4. The molecule has 0 amide bonds. The van der Waals surface area contributed by atoms with Crippen molar-refractivity contribution in [3.8, 4) is 22.9 Å². The van der Waals surface area contributed by atoms with E-state index in [1.165, 1.54) is 56.9 Å². The monoisotopic (exact) mass is 451 g/mol. The van der Waals surface area contributed by atoms with Gasteiger partial charge in [-0.05, 0) is 90.6 Å². The second-order valence-corrected chi connectivity index (χ2v) is 9.44. The number of nitrogens with zero attached hydrogens (tertiary/aromatic N) is 1. The lowest BCUT2D eigenvalue weighted by Gasteiger charge is -2.29. The highest BCUT2D eigenvalue weighted by atomic mass is 16.5. The lowest BCUT2D eigenvalue weighted by Crippen LogP contribution is -2.13. The standard InChI is InChI=1S/C31H33NO2/c1-2-3-4-5-23-6-10-25(11-7-23)26-12-14-27(15-13-26)28-16-18-29(19-17-28)31(33)34-30-20-8-24(22-32)9-21-30/h8-9,12-21,23,25H,2-7,10-11H2,1H3/t23-,25-. The topological polar surface area (TPSA) is 50.1 Å². The summed E-state index contributed by atoms with van der Waals surface area (Å²) in [6.45, 7) is 2.28. The average Bonchev–Trinajstić information content (AvgIpc) is 2.90. The molecule has 3 aromatic rings. The second kappa shape index (κ2) is 11.7. The summed E-state index contributed by atoms with van der Waals surface area (Å²) in [4.78, 5) is 12.4. The van der Waals surface area contributed by atoms with Crippen LogP contribution in [0.15, 0.2) is 72.8 Å². The molecule has 0 heterocycles. The van der Waals surface area contributed by atoms with E-state index in [-0.39, 0.29) is 0 Å². The van der Waals surface area contributed by atoms with E-state index in [1.807, 2.05) is 12.1 Å².